The smallest absolute Gasteiger partial charge is 0.251 e. The molecule has 0 radical (unpaired) electrons. The molecule has 2 heterocycles. The number of nitrogens with zero attached hydrogens (tertiary/aromatic N) is 3. The molecular weight excluding hydrogens is 418 g/mol. The first-order chi connectivity index (χ1) is 14.0. The lowest BCUT2D eigenvalue weighted by atomic mass is 10.2. The Kier molecular flexibility index (Phi) is 5.55. The molecule has 0 atom stereocenters. The summed E-state index contributed by atoms with van der Waals surface area (Å²) in [4.78, 5) is 0.107. The van der Waals surface area contributed by atoms with Gasteiger partial charge in [-0.25, -0.2) is 8.42 Å². The highest BCUT2D eigenvalue weighted by Gasteiger charge is 2.27. The summed E-state index contributed by atoms with van der Waals surface area (Å²) >= 11 is 6.30. The molecular formula is C19H18ClN3O5S. The van der Waals surface area contributed by atoms with Crippen LogP contribution >= 0.6 is 11.6 Å². The first-order valence-corrected chi connectivity index (χ1v) is 10.7. The van der Waals surface area contributed by atoms with E-state index in [2.05, 4.69) is 10.2 Å². The van der Waals surface area contributed by atoms with Crippen molar-refractivity contribution in [2.75, 3.05) is 33.4 Å². The molecule has 1 aromatic heterocycles. The van der Waals surface area contributed by atoms with Crippen LogP contribution in [-0.4, -0.2) is 56.3 Å². The van der Waals surface area contributed by atoms with Crippen LogP contribution < -0.4 is 4.74 Å². The van der Waals surface area contributed by atoms with Gasteiger partial charge in [0.15, 0.2) is 0 Å². The summed E-state index contributed by atoms with van der Waals surface area (Å²) in [6.45, 7) is 1.34. The summed E-state index contributed by atoms with van der Waals surface area (Å²) < 4.78 is 43.6. The van der Waals surface area contributed by atoms with Crippen LogP contribution in [0.2, 0.25) is 5.02 Å². The highest BCUT2D eigenvalue weighted by Crippen LogP contribution is 2.34. The number of hydrogen-bond donors (Lipinski definition) is 0. The van der Waals surface area contributed by atoms with Crippen LogP contribution in [0, 0.1) is 0 Å². The molecule has 3 aromatic rings. The molecule has 152 valence electrons. The van der Waals surface area contributed by atoms with Gasteiger partial charge in [-0.1, -0.05) is 23.7 Å². The first kappa shape index (κ1) is 19.8. The normalized spacial score (nSPS) is 15.4. The van der Waals surface area contributed by atoms with Gasteiger partial charge in [-0.15, -0.1) is 10.2 Å². The van der Waals surface area contributed by atoms with Crippen molar-refractivity contribution in [1.29, 1.82) is 0 Å². The standard InChI is InChI=1S/C19H18ClN3O5S/c1-26-17-5-3-2-4-14(17)18-21-22-19(28-18)15-12-13(6-7-16(15)20)29(24,25)23-8-10-27-11-9-23/h2-7,12H,8-11H2,1H3. The predicted octanol–water partition coefficient (Wildman–Crippen LogP) is 3.09. The molecule has 29 heavy (non-hydrogen) atoms. The van der Waals surface area contributed by atoms with Crippen LogP contribution in [-0.2, 0) is 14.8 Å². The minimum atomic E-state index is -3.68. The van der Waals surface area contributed by atoms with Crippen molar-refractivity contribution in [3.8, 4) is 28.7 Å². The number of halogens is 1. The van der Waals surface area contributed by atoms with E-state index in [1.54, 1.807) is 19.2 Å². The maximum absolute atomic E-state index is 12.9. The van der Waals surface area contributed by atoms with Crippen LogP contribution in [0.5, 0.6) is 5.75 Å². The first-order valence-electron chi connectivity index (χ1n) is 8.85. The highest BCUT2D eigenvalue weighted by molar-refractivity contribution is 7.89. The summed E-state index contributed by atoms with van der Waals surface area (Å²) in [6.07, 6.45) is 0. The Hall–Kier alpha value is -2.46. The zero-order valence-electron chi connectivity index (χ0n) is 15.5. The quantitative estimate of drug-likeness (QED) is 0.607. The number of methoxy groups -OCH3 is 1. The number of rotatable bonds is 5. The van der Waals surface area contributed by atoms with Crippen molar-refractivity contribution >= 4 is 21.6 Å². The third-order valence-electron chi connectivity index (χ3n) is 4.54. The second-order valence-corrected chi connectivity index (χ2v) is 8.62. The number of ether oxygens (including phenoxy) is 2. The van der Waals surface area contributed by atoms with Gasteiger partial charge in [-0.3, -0.25) is 0 Å². The predicted molar refractivity (Wildman–Crippen MR) is 106 cm³/mol. The monoisotopic (exact) mass is 435 g/mol. The lowest BCUT2D eigenvalue weighted by molar-refractivity contribution is 0.0730. The molecule has 0 bridgehead atoms. The molecule has 0 aliphatic carbocycles. The second-order valence-electron chi connectivity index (χ2n) is 6.27. The second kappa shape index (κ2) is 8.11. The summed E-state index contributed by atoms with van der Waals surface area (Å²) in [5, 5.41) is 8.42. The van der Waals surface area contributed by atoms with Gasteiger partial charge in [-0.05, 0) is 30.3 Å². The van der Waals surface area contributed by atoms with E-state index < -0.39 is 10.0 Å². The fraction of sp³-hybridized carbons (Fsp3) is 0.263. The Morgan fingerprint density at radius 1 is 1.03 bits per heavy atom. The van der Waals surface area contributed by atoms with E-state index >= 15 is 0 Å². The van der Waals surface area contributed by atoms with Gasteiger partial charge in [0.05, 0.1) is 41.4 Å². The molecule has 10 heteroatoms. The van der Waals surface area contributed by atoms with Gasteiger partial charge in [0.25, 0.3) is 5.89 Å². The van der Waals surface area contributed by atoms with Gasteiger partial charge < -0.3 is 13.9 Å². The molecule has 4 rings (SSSR count). The molecule has 1 saturated heterocycles. The Labute approximate surface area is 173 Å². The number of benzene rings is 2. The fourth-order valence-corrected chi connectivity index (χ4v) is 4.66. The molecule has 8 nitrogen and oxygen atoms in total. The Morgan fingerprint density at radius 3 is 2.45 bits per heavy atom. The van der Waals surface area contributed by atoms with E-state index in [0.717, 1.165) is 0 Å². The van der Waals surface area contributed by atoms with Crippen LogP contribution in [0.25, 0.3) is 22.9 Å². The maximum atomic E-state index is 12.9. The van der Waals surface area contributed by atoms with E-state index in [4.69, 9.17) is 25.5 Å². The molecule has 2 aromatic carbocycles. The summed E-state index contributed by atoms with van der Waals surface area (Å²) in [6, 6.07) is 11.7. The molecule has 1 aliphatic heterocycles. The lowest BCUT2D eigenvalue weighted by Gasteiger charge is -2.26. The Bertz CT molecular complexity index is 1130. The number of morpholine rings is 1. The zero-order valence-corrected chi connectivity index (χ0v) is 17.1. The Morgan fingerprint density at radius 2 is 1.72 bits per heavy atom. The van der Waals surface area contributed by atoms with Gasteiger partial charge in [0.2, 0.25) is 15.9 Å². The van der Waals surface area contributed by atoms with Crippen LogP contribution in [0.15, 0.2) is 51.8 Å². The zero-order chi connectivity index (χ0) is 20.4. The molecule has 1 fully saturated rings. The number of sulfonamides is 1. The Balaban J connectivity index is 1.71. The number of para-hydroxylation sites is 1. The molecule has 0 spiro atoms. The molecule has 0 saturated carbocycles. The third kappa shape index (κ3) is 3.86. The van der Waals surface area contributed by atoms with Gasteiger partial charge in [0, 0.05) is 13.1 Å². The minimum Gasteiger partial charge on any atom is -0.496 e. The van der Waals surface area contributed by atoms with Gasteiger partial charge >= 0.3 is 0 Å². The van der Waals surface area contributed by atoms with Crippen LogP contribution in [0.4, 0.5) is 0 Å². The van der Waals surface area contributed by atoms with Crippen LogP contribution in [0.3, 0.4) is 0 Å². The topological polar surface area (TPSA) is 94.8 Å². The highest BCUT2D eigenvalue weighted by atomic mass is 35.5. The van der Waals surface area contributed by atoms with Crippen LogP contribution in [0.1, 0.15) is 0 Å². The average molecular weight is 436 g/mol. The van der Waals surface area contributed by atoms with Crippen molar-refractivity contribution < 1.29 is 22.3 Å². The van der Waals surface area contributed by atoms with Crippen molar-refractivity contribution in [3.05, 3.63) is 47.5 Å². The van der Waals surface area contributed by atoms with Gasteiger partial charge in [0.1, 0.15) is 5.75 Å². The van der Waals surface area contributed by atoms with E-state index in [-0.39, 0.29) is 16.7 Å². The summed E-state index contributed by atoms with van der Waals surface area (Å²) in [5.41, 5.74) is 0.969. The van der Waals surface area contributed by atoms with Gasteiger partial charge in [-0.2, -0.15) is 4.31 Å². The van der Waals surface area contributed by atoms with Crippen molar-refractivity contribution in [1.82, 2.24) is 14.5 Å². The lowest BCUT2D eigenvalue weighted by Crippen LogP contribution is -2.40. The third-order valence-corrected chi connectivity index (χ3v) is 6.76. The molecule has 0 amide bonds. The largest absolute Gasteiger partial charge is 0.496 e. The van der Waals surface area contributed by atoms with E-state index in [9.17, 15) is 8.42 Å². The molecule has 1 aliphatic rings. The molecule has 0 N–H and O–H groups in total. The summed E-state index contributed by atoms with van der Waals surface area (Å²) in [7, 11) is -2.13. The maximum Gasteiger partial charge on any atom is 0.251 e. The minimum absolute atomic E-state index is 0.107. The van der Waals surface area contributed by atoms with E-state index in [1.807, 2.05) is 12.1 Å². The number of hydrogen-bond acceptors (Lipinski definition) is 7. The molecule has 0 unspecified atom stereocenters. The SMILES string of the molecule is COc1ccccc1-c1nnc(-c2cc(S(=O)(=O)N3CCOCC3)ccc2Cl)o1. The average Bonchev–Trinajstić information content (AvgIpc) is 3.24. The van der Waals surface area contributed by atoms with E-state index in [0.29, 0.717) is 48.2 Å². The fourth-order valence-electron chi connectivity index (χ4n) is 3.03. The van der Waals surface area contributed by atoms with Crippen molar-refractivity contribution in [2.45, 2.75) is 4.90 Å². The van der Waals surface area contributed by atoms with Crippen molar-refractivity contribution in [2.24, 2.45) is 0 Å². The van der Waals surface area contributed by atoms with Crippen molar-refractivity contribution in [3.63, 3.8) is 0 Å². The number of aromatic nitrogens is 2. The summed E-state index contributed by atoms with van der Waals surface area (Å²) in [5.74, 6) is 0.947. The van der Waals surface area contributed by atoms with E-state index in [1.165, 1.54) is 22.5 Å².